The molecule has 39 heavy (non-hydrogen) atoms. The number of anilines is 1. The minimum atomic E-state index is -5.08. The van der Waals surface area contributed by atoms with E-state index in [1.165, 1.54) is 17.0 Å². The maximum Gasteiger partial charge on any atom is 0.490 e. The number of carbonyl (C=O) groups is 3. The van der Waals surface area contributed by atoms with Crippen molar-refractivity contribution in [2.75, 3.05) is 24.5 Å². The van der Waals surface area contributed by atoms with Gasteiger partial charge in [0.05, 0.1) is 11.3 Å². The number of H-pyrrole nitrogens is 1. The highest BCUT2D eigenvalue weighted by atomic mass is 19.4. The van der Waals surface area contributed by atoms with Gasteiger partial charge in [0.15, 0.2) is 0 Å². The van der Waals surface area contributed by atoms with Crippen LogP contribution in [-0.4, -0.2) is 63.8 Å². The van der Waals surface area contributed by atoms with Gasteiger partial charge in [0.2, 0.25) is 5.91 Å². The van der Waals surface area contributed by atoms with Crippen LogP contribution in [0.1, 0.15) is 32.7 Å². The first-order valence-electron chi connectivity index (χ1n) is 11.6. The minimum Gasteiger partial charge on any atom is -0.475 e. The number of hydrogen-bond donors (Lipinski definition) is 2. The molecule has 1 fully saturated rings. The third-order valence-electron chi connectivity index (χ3n) is 6.08. The zero-order chi connectivity index (χ0) is 28.9. The summed E-state index contributed by atoms with van der Waals surface area (Å²) in [5, 5.41) is 13.7. The van der Waals surface area contributed by atoms with Crippen LogP contribution in [0.15, 0.2) is 53.3 Å². The second-order valence-electron chi connectivity index (χ2n) is 8.65. The number of piperazine rings is 1. The molecule has 4 rings (SSSR count). The number of carboxylic acid groups (broad SMARTS) is 1. The topological polar surface area (TPSA) is 124 Å². The first-order chi connectivity index (χ1) is 18.3. The van der Waals surface area contributed by atoms with Crippen LogP contribution in [0.3, 0.4) is 0 Å². The van der Waals surface area contributed by atoms with E-state index in [1.807, 2.05) is 30.3 Å². The van der Waals surface area contributed by atoms with E-state index in [1.54, 1.807) is 24.8 Å². The van der Waals surface area contributed by atoms with Crippen molar-refractivity contribution in [3.05, 3.63) is 92.6 Å². The molecule has 0 saturated carbocycles. The Labute approximate surface area is 219 Å². The van der Waals surface area contributed by atoms with E-state index in [9.17, 15) is 31.9 Å². The van der Waals surface area contributed by atoms with Gasteiger partial charge < -0.3 is 14.9 Å². The molecule has 1 aromatic heterocycles. The smallest absolute Gasteiger partial charge is 0.475 e. The van der Waals surface area contributed by atoms with Gasteiger partial charge in [0, 0.05) is 30.8 Å². The van der Waals surface area contributed by atoms with Crippen molar-refractivity contribution < 1.29 is 37.1 Å². The van der Waals surface area contributed by atoms with Gasteiger partial charge in [-0.15, -0.1) is 0 Å². The molecule has 3 aromatic rings. The molecule has 0 atom stereocenters. The number of aromatic amines is 1. The Morgan fingerprint density at radius 1 is 1.03 bits per heavy atom. The number of nitrogens with one attached hydrogen (secondary N) is 1. The molecule has 0 aliphatic carbocycles. The van der Waals surface area contributed by atoms with E-state index in [2.05, 4.69) is 10.2 Å². The molecule has 0 unspecified atom stereocenters. The number of hydrogen-bond acceptors (Lipinski definition) is 5. The Hall–Kier alpha value is -4.55. The SMILES string of the molecule is Cc1c(Cc2ccc(F)c(C(=O)N3CCN(c4ccccc4)C(=O)C3)c2)n[nH]c(=O)c1C.O=C(O)C(F)(F)F. The van der Waals surface area contributed by atoms with E-state index in [-0.39, 0.29) is 23.6 Å². The van der Waals surface area contributed by atoms with E-state index >= 15 is 0 Å². The molecule has 13 heteroatoms. The summed E-state index contributed by atoms with van der Waals surface area (Å²) in [6, 6.07) is 13.6. The van der Waals surface area contributed by atoms with Gasteiger partial charge in [-0.05, 0) is 49.2 Å². The van der Waals surface area contributed by atoms with Crippen LogP contribution >= 0.6 is 0 Å². The van der Waals surface area contributed by atoms with Gasteiger partial charge in [-0.3, -0.25) is 14.4 Å². The number of nitrogens with zero attached hydrogens (tertiary/aromatic N) is 3. The molecular formula is C26H24F4N4O5. The number of aliphatic carboxylic acids is 1. The maximum absolute atomic E-state index is 14.5. The van der Waals surface area contributed by atoms with Crippen LogP contribution < -0.4 is 10.5 Å². The molecule has 1 aliphatic heterocycles. The molecule has 2 N–H and O–H groups in total. The summed E-state index contributed by atoms with van der Waals surface area (Å²) in [5.74, 6) is -4.13. The zero-order valence-corrected chi connectivity index (χ0v) is 20.9. The highest BCUT2D eigenvalue weighted by molar-refractivity contribution is 6.01. The minimum absolute atomic E-state index is 0.0812. The summed E-state index contributed by atoms with van der Waals surface area (Å²) in [4.78, 5) is 49.3. The van der Waals surface area contributed by atoms with Gasteiger partial charge >= 0.3 is 12.1 Å². The lowest BCUT2D eigenvalue weighted by molar-refractivity contribution is -0.192. The third-order valence-corrected chi connectivity index (χ3v) is 6.08. The quantitative estimate of drug-likeness (QED) is 0.483. The average Bonchev–Trinajstić information content (AvgIpc) is 2.90. The van der Waals surface area contributed by atoms with Gasteiger partial charge in [0.25, 0.3) is 11.5 Å². The Kier molecular flexibility index (Phi) is 8.84. The van der Waals surface area contributed by atoms with Crippen molar-refractivity contribution in [3.8, 4) is 0 Å². The number of benzene rings is 2. The average molecular weight is 548 g/mol. The van der Waals surface area contributed by atoms with Gasteiger partial charge in [-0.1, -0.05) is 24.3 Å². The summed E-state index contributed by atoms with van der Waals surface area (Å²) >= 11 is 0. The number of halogens is 4. The Balaban J connectivity index is 0.000000532. The van der Waals surface area contributed by atoms with Crippen molar-refractivity contribution in [1.29, 1.82) is 0 Å². The molecule has 1 aliphatic rings. The van der Waals surface area contributed by atoms with Crippen LogP contribution in [0.5, 0.6) is 0 Å². The monoisotopic (exact) mass is 548 g/mol. The second-order valence-corrected chi connectivity index (χ2v) is 8.65. The highest BCUT2D eigenvalue weighted by Crippen LogP contribution is 2.21. The largest absolute Gasteiger partial charge is 0.490 e. The number of alkyl halides is 3. The van der Waals surface area contributed by atoms with Crippen LogP contribution in [0.25, 0.3) is 0 Å². The predicted molar refractivity (Wildman–Crippen MR) is 132 cm³/mol. The van der Waals surface area contributed by atoms with E-state index < -0.39 is 23.9 Å². The number of amides is 2. The molecule has 2 amide bonds. The maximum atomic E-state index is 14.5. The fraction of sp³-hybridized carbons (Fsp3) is 0.269. The Bertz CT molecular complexity index is 1440. The number of rotatable bonds is 4. The fourth-order valence-electron chi connectivity index (χ4n) is 3.78. The summed E-state index contributed by atoms with van der Waals surface area (Å²) in [5.41, 5.74) is 3.11. The Morgan fingerprint density at radius 3 is 2.26 bits per heavy atom. The predicted octanol–water partition coefficient (Wildman–Crippen LogP) is 3.24. The zero-order valence-electron chi connectivity index (χ0n) is 20.9. The number of carbonyl (C=O) groups excluding carboxylic acids is 2. The van der Waals surface area contributed by atoms with E-state index in [0.717, 1.165) is 11.3 Å². The summed E-state index contributed by atoms with van der Waals surface area (Å²) in [6.45, 7) is 4.06. The summed E-state index contributed by atoms with van der Waals surface area (Å²) in [6.07, 6.45) is -4.75. The van der Waals surface area contributed by atoms with Crippen molar-refractivity contribution in [2.45, 2.75) is 26.4 Å². The summed E-state index contributed by atoms with van der Waals surface area (Å²) < 4.78 is 46.3. The fourth-order valence-corrected chi connectivity index (χ4v) is 3.78. The van der Waals surface area contributed by atoms with Crippen molar-refractivity contribution in [1.82, 2.24) is 15.1 Å². The second kappa shape index (κ2) is 11.9. The lowest BCUT2D eigenvalue weighted by Crippen LogP contribution is -2.52. The Morgan fingerprint density at radius 2 is 1.67 bits per heavy atom. The number of para-hydroxylation sites is 1. The molecule has 0 radical (unpaired) electrons. The van der Waals surface area contributed by atoms with Crippen molar-refractivity contribution in [2.24, 2.45) is 0 Å². The van der Waals surface area contributed by atoms with Crippen LogP contribution in [0.2, 0.25) is 0 Å². The van der Waals surface area contributed by atoms with Crippen LogP contribution in [0.4, 0.5) is 23.2 Å². The van der Waals surface area contributed by atoms with Crippen LogP contribution in [-0.2, 0) is 16.0 Å². The molecule has 206 valence electrons. The van der Waals surface area contributed by atoms with Gasteiger partial charge in [-0.25, -0.2) is 14.3 Å². The number of carboxylic acids is 1. The van der Waals surface area contributed by atoms with Crippen molar-refractivity contribution >= 4 is 23.5 Å². The van der Waals surface area contributed by atoms with Crippen molar-refractivity contribution in [3.63, 3.8) is 0 Å². The molecule has 9 nitrogen and oxygen atoms in total. The first-order valence-corrected chi connectivity index (χ1v) is 11.6. The van der Waals surface area contributed by atoms with Gasteiger partial charge in [-0.2, -0.15) is 18.3 Å². The lowest BCUT2D eigenvalue weighted by atomic mass is 10.0. The standard InChI is InChI=1S/C24H23FN4O3.C2HF3O2/c1-15-16(2)23(31)27-26-21(15)13-17-8-9-20(25)19(12-17)24(32)28-10-11-29(22(30)14-28)18-6-4-3-5-7-18;3-2(4,5)1(6)7/h3-9,12H,10-11,13-14H2,1-2H3,(H,27,31);(H,6,7). The normalized spacial score (nSPS) is 13.5. The lowest BCUT2D eigenvalue weighted by Gasteiger charge is -2.34. The molecule has 1 saturated heterocycles. The molecule has 0 bridgehead atoms. The third kappa shape index (κ3) is 7.06. The molecular weight excluding hydrogens is 524 g/mol. The van der Waals surface area contributed by atoms with E-state index in [0.29, 0.717) is 36.3 Å². The van der Waals surface area contributed by atoms with E-state index in [4.69, 9.17) is 9.90 Å². The van der Waals surface area contributed by atoms with Crippen LogP contribution in [0, 0.1) is 19.7 Å². The van der Waals surface area contributed by atoms with Gasteiger partial charge in [0.1, 0.15) is 12.4 Å². The molecule has 2 aromatic carbocycles. The first kappa shape index (κ1) is 29.0. The molecule has 0 spiro atoms. The summed E-state index contributed by atoms with van der Waals surface area (Å²) in [7, 11) is 0. The number of aromatic nitrogens is 2. The highest BCUT2D eigenvalue weighted by Gasteiger charge is 2.38. The molecule has 2 heterocycles.